The van der Waals surface area contributed by atoms with Crippen molar-refractivity contribution in [1.82, 2.24) is 9.62 Å². The van der Waals surface area contributed by atoms with Crippen LogP contribution in [0.25, 0.3) is 0 Å². The van der Waals surface area contributed by atoms with Gasteiger partial charge < -0.3 is 14.2 Å². The predicted molar refractivity (Wildman–Crippen MR) is 131 cm³/mol. The largest absolute Gasteiger partial charge is 0.497 e. The minimum Gasteiger partial charge on any atom is -0.497 e. The average molecular weight is 483 g/mol. The first-order chi connectivity index (χ1) is 16.4. The Labute approximate surface area is 201 Å². The Bertz CT molecular complexity index is 1230. The molecule has 3 aromatic carbocycles. The van der Waals surface area contributed by atoms with Crippen molar-refractivity contribution in [2.75, 3.05) is 34.4 Å². The number of nitrogens with zero attached hydrogens (tertiary/aromatic N) is 1. The molecular weight excluding hydrogens is 452 g/mol. The van der Waals surface area contributed by atoms with E-state index >= 15 is 0 Å². The van der Waals surface area contributed by atoms with Crippen molar-refractivity contribution in [3.05, 3.63) is 83.4 Å². The van der Waals surface area contributed by atoms with Gasteiger partial charge in [-0.2, -0.15) is 0 Å². The first kappa shape index (κ1) is 24.1. The second-order valence-electron chi connectivity index (χ2n) is 8.16. The second kappa shape index (κ2) is 10.5. The van der Waals surface area contributed by atoms with Crippen LogP contribution in [0.5, 0.6) is 17.2 Å². The van der Waals surface area contributed by atoms with Gasteiger partial charge in [-0.15, -0.1) is 0 Å². The van der Waals surface area contributed by atoms with Gasteiger partial charge in [0.05, 0.1) is 26.2 Å². The van der Waals surface area contributed by atoms with E-state index in [0.717, 1.165) is 35.4 Å². The Balaban J connectivity index is 1.67. The number of nitrogens with one attached hydrogen (secondary N) is 1. The number of benzene rings is 3. The Morgan fingerprint density at radius 1 is 0.912 bits per heavy atom. The van der Waals surface area contributed by atoms with Gasteiger partial charge in [0.25, 0.3) is 0 Å². The third-order valence-corrected chi connectivity index (χ3v) is 7.59. The van der Waals surface area contributed by atoms with Crippen LogP contribution in [0.3, 0.4) is 0 Å². The summed E-state index contributed by atoms with van der Waals surface area (Å²) in [5, 5.41) is 0. The molecule has 1 aliphatic heterocycles. The number of fused-ring (bicyclic) bond motifs is 1. The Morgan fingerprint density at radius 3 is 2.35 bits per heavy atom. The van der Waals surface area contributed by atoms with Crippen LogP contribution in [0.15, 0.2) is 71.6 Å². The molecule has 0 saturated carbocycles. The lowest BCUT2D eigenvalue weighted by Gasteiger charge is -2.38. The molecule has 7 nitrogen and oxygen atoms in total. The molecule has 1 N–H and O–H groups in total. The summed E-state index contributed by atoms with van der Waals surface area (Å²) in [6, 6.07) is 20.1. The van der Waals surface area contributed by atoms with E-state index in [0.29, 0.717) is 18.0 Å². The molecule has 0 aliphatic carbocycles. The Kier molecular flexibility index (Phi) is 7.41. The van der Waals surface area contributed by atoms with E-state index in [2.05, 4.69) is 15.7 Å². The number of sulfonamides is 1. The monoisotopic (exact) mass is 482 g/mol. The van der Waals surface area contributed by atoms with E-state index in [4.69, 9.17) is 14.2 Å². The molecule has 0 aromatic heterocycles. The molecule has 0 spiro atoms. The highest BCUT2D eigenvalue weighted by Crippen LogP contribution is 2.38. The minimum atomic E-state index is -3.65. The molecular formula is C26H30N2O5S. The van der Waals surface area contributed by atoms with Crippen molar-refractivity contribution in [3.63, 3.8) is 0 Å². The van der Waals surface area contributed by atoms with Crippen molar-refractivity contribution in [1.29, 1.82) is 0 Å². The van der Waals surface area contributed by atoms with Crippen molar-refractivity contribution in [3.8, 4) is 17.2 Å². The van der Waals surface area contributed by atoms with Crippen LogP contribution in [-0.2, 0) is 23.0 Å². The molecule has 8 heteroatoms. The van der Waals surface area contributed by atoms with Gasteiger partial charge in [0, 0.05) is 25.7 Å². The summed E-state index contributed by atoms with van der Waals surface area (Å²) in [6.07, 6.45) is 0.821. The van der Waals surface area contributed by atoms with Crippen LogP contribution in [-0.4, -0.2) is 47.7 Å². The van der Waals surface area contributed by atoms with Crippen LogP contribution < -0.4 is 18.9 Å². The fourth-order valence-corrected chi connectivity index (χ4v) is 5.44. The third-order valence-electron chi connectivity index (χ3n) is 6.15. The van der Waals surface area contributed by atoms with Crippen molar-refractivity contribution in [2.45, 2.75) is 23.9 Å². The Hall–Kier alpha value is -3.07. The summed E-state index contributed by atoms with van der Waals surface area (Å²) in [5.41, 5.74) is 3.25. The number of rotatable bonds is 9. The lowest BCUT2D eigenvalue weighted by Crippen LogP contribution is -2.41. The van der Waals surface area contributed by atoms with E-state index < -0.39 is 10.0 Å². The van der Waals surface area contributed by atoms with Gasteiger partial charge in [0.15, 0.2) is 11.5 Å². The highest BCUT2D eigenvalue weighted by atomic mass is 32.2. The molecule has 0 radical (unpaired) electrons. The van der Waals surface area contributed by atoms with Crippen molar-refractivity contribution < 1.29 is 22.6 Å². The molecule has 1 atom stereocenters. The van der Waals surface area contributed by atoms with E-state index in [1.165, 1.54) is 0 Å². The quantitative estimate of drug-likeness (QED) is 0.500. The summed E-state index contributed by atoms with van der Waals surface area (Å²) in [5.74, 6) is 2.09. The highest BCUT2D eigenvalue weighted by Gasteiger charge is 2.30. The van der Waals surface area contributed by atoms with Crippen LogP contribution in [0, 0.1) is 0 Å². The lowest BCUT2D eigenvalue weighted by atomic mass is 9.91. The van der Waals surface area contributed by atoms with Crippen LogP contribution >= 0.6 is 0 Å². The molecule has 0 saturated heterocycles. The molecule has 0 unspecified atom stereocenters. The molecule has 0 bridgehead atoms. The molecule has 0 fully saturated rings. The molecule has 4 rings (SSSR count). The maximum atomic E-state index is 13.0. The molecule has 1 heterocycles. The van der Waals surface area contributed by atoms with Gasteiger partial charge in [-0.25, -0.2) is 13.1 Å². The maximum Gasteiger partial charge on any atom is 0.240 e. The zero-order chi connectivity index (χ0) is 24.1. The smallest absolute Gasteiger partial charge is 0.240 e. The van der Waals surface area contributed by atoms with Gasteiger partial charge in [-0.05, 0) is 59.5 Å². The van der Waals surface area contributed by atoms with E-state index in [1.54, 1.807) is 51.7 Å². The summed E-state index contributed by atoms with van der Waals surface area (Å²) < 4.78 is 45.2. The fraction of sp³-hybridized carbons (Fsp3) is 0.308. The Morgan fingerprint density at radius 2 is 1.65 bits per heavy atom. The van der Waals surface area contributed by atoms with Crippen molar-refractivity contribution >= 4 is 10.0 Å². The number of hydrogen-bond acceptors (Lipinski definition) is 6. The predicted octanol–water partition coefficient (Wildman–Crippen LogP) is 3.79. The van der Waals surface area contributed by atoms with Crippen LogP contribution in [0.4, 0.5) is 0 Å². The number of ether oxygens (including phenoxy) is 3. The fourth-order valence-electron chi connectivity index (χ4n) is 4.39. The second-order valence-corrected chi connectivity index (χ2v) is 9.93. The van der Waals surface area contributed by atoms with Gasteiger partial charge in [0.2, 0.25) is 10.0 Å². The molecule has 180 valence electrons. The molecule has 3 aromatic rings. The van der Waals surface area contributed by atoms with E-state index in [9.17, 15) is 8.42 Å². The van der Waals surface area contributed by atoms with Crippen LogP contribution in [0.1, 0.15) is 22.7 Å². The van der Waals surface area contributed by atoms with Gasteiger partial charge >= 0.3 is 0 Å². The van der Waals surface area contributed by atoms with Gasteiger partial charge in [0.1, 0.15) is 5.75 Å². The van der Waals surface area contributed by atoms with Crippen molar-refractivity contribution in [2.24, 2.45) is 0 Å². The SMILES string of the molecule is COc1cccc(CN2CCc3cc(OC)c(OC)cc3[C@H]2CNS(=O)(=O)c2ccccc2)c1. The first-order valence-corrected chi connectivity index (χ1v) is 12.6. The number of methoxy groups -OCH3 is 3. The average Bonchev–Trinajstić information content (AvgIpc) is 2.87. The third kappa shape index (κ3) is 5.19. The standard InChI is InChI=1S/C26H30N2O5S/c1-31-21-9-7-8-19(14-21)18-28-13-12-20-15-25(32-2)26(33-3)16-23(20)24(28)17-27-34(29,30)22-10-5-4-6-11-22/h4-11,14-16,24,27H,12-13,17-18H2,1-3H3/t24-/m1/s1. The zero-order valence-electron chi connectivity index (χ0n) is 19.7. The molecule has 34 heavy (non-hydrogen) atoms. The van der Waals surface area contributed by atoms with Gasteiger partial charge in [-0.1, -0.05) is 30.3 Å². The molecule has 0 amide bonds. The summed E-state index contributed by atoms with van der Waals surface area (Å²) >= 11 is 0. The van der Waals surface area contributed by atoms with Crippen LogP contribution in [0.2, 0.25) is 0 Å². The maximum absolute atomic E-state index is 13.0. The summed E-state index contributed by atoms with van der Waals surface area (Å²) in [4.78, 5) is 2.54. The molecule has 1 aliphatic rings. The summed E-state index contributed by atoms with van der Waals surface area (Å²) in [7, 11) is 1.22. The first-order valence-electron chi connectivity index (χ1n) is 11.1. The van der Waals surface area contributed by atoms with E-state index in [1.807, 2.05) is 30.3 Å². The summed E-state index contributed by atoms with van der Waals surface area (Å²) in [6.45, 7) is 1.66. The highest BCUT2D eigenvalue weighted by molar-refractivity contribution is 7.89. The topological polar surface area (TPSA) is 77.1 Å². The lowest BCUT2D eigenvalue weighted by molar-refractivity contribution is 0.176. The normalized spacial score (nSPS) is 16.0. The zero-order valence-corrected chi connectivity index (χ0v) is 20.5. The van der Waals surface area contributed by atoms with E-state index in [-0.39, 0.29) is 17.5 Å². The number of hydrogen-bond donors (Lipinski definition) is 1. The van der Waals surface area contributed by atoms with Gasteiger partial charge in [-0.3, -0.25) is 4.90 Å². The minimum absolute atomic E-state index is 0.187.